The van der Waals surface area contributed by atoms with Crippen molar-refractivity contribution in [3.63, 3.8) is 0 Å². The molecule has 0 nitrogen and oxygen atoms in total. The Morgan fingerprint density at radius 2 is 1.00 bits per heavy atom. The molecular formula is C21H39P. The molecule has 0 spiro atoms. The van der Waals surface area contributed by atoms with E-state index >= 15 is 0 Å². The molecule has 0 heterocycles. The fraction of sp³-hybridized carbons (Fsp3) is 1.00. The number of hydrogen-bond acceptors (Lipinski definition) is 0. The van der Waals surface area contributed by atoms with E-state index < -0.39 is 0 Å². The van der Waals surface area contributed by atoms with Crippen molar-refractivity contribution in [3.8, 4) is 0 Å². The van der Waals surface area contributed by atoms with Crippen molar-refractivity contribution >= 4 is 9.24 Å². The van der Waals surface area contributed by atoms with Crippen molar-refractivity contribution in [1.29, 1.82) is 0 Å². The van der Waals surface area contributed by atoms with E-state index in [0.717, 1.165) is 23.2 Å². The molecule has 1 unspecified atom stereocenters. The molecule has 0 radical (unpaired) electrons. The molecular weight excluding hydrogens is 283 g/mol. The van der Waals surface area contributed by atoms with Crippen molar-refractivity contribution in [2.24, 2.45) is 23.2 Å². The zero-order valence-corrected chi connectivity index (χ0v) is 16.0. The van der Waals surface area contributed by atoms with E-state index in [1.165, 1.54) is 63.9 Å². The normalized spacial score (nSPS) is 25.5. The topological polar surface area (TPSA) is 0 Å². The summed E-state index contributed by atoms with van der Waals surface area (Å²) in [6.45, 7) is 0. The molecule has 0 amide bonds. The van der Waals surface area contributed by atoms with Gasteiger partial charge < -0.3 is 0 Å². The molecule has 0 saturated heterocycles. The Morgan fingerprint density at radius 3 is 1.36 bits per heavy atom. The highest BCUT2D eigenvalue weighted by molar-refractivity contribution is 7.16. The fourth-order valence-electron chi connectivity index (χ4n) is 6.75. The Kier molecular flexibility index (Phi) is 6.67. The highest BCUT2D eigenvalue weighted by atomic mass is 31.0. The second kappa shape index (κ2) is 8.50. The Labute approximate surface area is 141 Å². The molecule has 0 aromatic heterocycles. The van der Waals surface area contributed by atoms with Crippen molar-refractivity contribution in [3.05, 3.63) is 0 Å². The van der Waals surface area contributed by atoms with Gasteiger partial charge in [0.15, 0.2) is 0 Å². The molecule has 3 aliphatic rings. The molecule has 0 aromatic rings. The minimum Gasteiger partial charge on any atom is -0.138 e. The standard InChI is InChI=1S/C21H39P/c22-17-9-1-8-16-21(18-10-2-3-11-18,19-12-4-5-13-19)20-14-6-7-15-20/h18-20H,1-17,22H2. The molecule has 3 rings (SSSR count). The van der Waals surface area contributed by atoms with Crippen molar-refractivity contribution < 1.29 is 0 Å². The van der Waals surface area contributed by atoms with Crippen LogP contribution in [0.25, 0.3) is 0 Å². The highest BCUT2D eigenvalue weighted by Gasteiger charge is 2.51. The first kappa shape index (κ1) is 17.3. The van der Waals surface area contributed by atoms with E-state index in [2.05, 4.69) is 9.24 Å². The first-order valence-corrected chi connectivity index (χ1v) is 11.4. The molecule has 0 bridgehead atoms. The van der Waals surface area contributed by atoms with Gasteiger partial charge in [0.05, 0.1) is 0 Å². The minimum absolute atomic E-state index is 0.782. The smallest absolute Gasteiger partial charge is 0.0213 e. The molecule has 3 fully saturated rings. The summed E-state index contributed by atoms with van der Waals surface area (Å²) in [5.74, 6) is 3.32. The molecule has 3 aliphatic carbocycles. The predicted octanol–water partition coefficient (Wildman–Crippen LogP) is 6.98. The minimum atomic E-state index is 0.782. The third-order valence-corrected chi connectivity index (χ3v) is 8.07. The molecule has 3 saturated carbocycles. The van der Waals surface area contributed by atoms with Gasteiger partial charge >= 0.3 is 0 Å². The van der Waals surface area contributed by atoms with Gasteiger partial charge in [-0.05, 0) is 80.7 Å². The summed E-state index contributed by atoms with van der Waals surface area (Å²) >= 11 is 0. The Bertz CT molecular complexity index is 265. The molecule has 0 aromatic carbocycles. The van der Waals surface area contributed by atoms with Crippen molar-refractivity contribution in [1.82, 2.24) is 0 Å². The van der Waals surface area contributed by atoms with Crippen LogP contribution in [-0.4, -0.2) is 6.16 Å². The van der Waals surface area contributed by atoms with Gasteiger partial charge in [-0.3, -0.25) is 0 Å². The summed E-state index contributed by atoms with van der Waals surface area (Å²) in [5.41, 5.74) is 0.782. The van der Waals surface area contributed by atoms with Gasteiger partial charge in [0, 0.05) is 0 Å². The van der Waals surface area contributed by atoms with E-state index in [1.807, 2.05) is 0 Å². The summed E-state index contributed by atoms with van der Waals surface area (Å²) in [6.07, 6.45) is 26.1. The third-order valence-electron chi connectivity index (χ3n) is 7.66. The second-order valence-corrected chi connectivity index (χ2v) is 9.23. The third kappa shape index (κ3) is 3.58. The van der Waals surface area contributed by atoms with Crippen LogP contribution in [0.15, 0.2) is 0 Å². The van der Waals surface area contributed by atoms with Crippen molar-refractivity contribution in [2.75, 3.05) is 6.16 Å². The van der Waals surface area contributed by atoms with Crippen LogP contribution in [0, 0.1) is 23.2 Å². The van der Waals surface area contributed by atoms with E-state index in [0.29, 0.717) is 0 Å². The Hall–Kier alpha value is 0.430. The SMILES string of the molecule is PCCCCCC(C1CCCC1)(C1CCCC1)C1CCCC1. The van der Waals surface area contributed by atoms with Crippen LogP contribution in [0.4, 0.5) is 0 Å². The van der Waals surface area contributed by atoms with Crippen LogP contribution in [0.5, 0.6) is 0 Å². The van der Waals surface area contributed by atoms with Gasteiger partial charge in [-0.15, -0.1) is 9.24 Å². The molecule has 0 N–H and O–H groups in total. The van der Waals surface area contributed by atoms with Gasteiger partial charge in [-0.2, -0.15) is 0 Å². The van der Waals surface area contributed by atoms with Gasteiger partial charge in [0.2, 0.25) is 0 Å². The molecule has 1 heteroatoms. The summed E-state index contributed by atoms with van der Waals surface area (Å²) in [6, 6.07) is 0. The molecule has 22 heavy (non-hydrogen) atoms. The van der Waals surface area contributed by atoms with Gasteiger partial charge in [-0.25, -0.2) is 0 Å². The first-order valence-electron chi connectivity index (χ1n) is 10.6. The Morgan fingerprint density at radius 1 is 0.591 bits per heavy atom. The van der Waals surface area contributed by atoms with Gasteiger partial charge in [-0.1, -0.05) is 51.4 Å². The zero-order valence-electron chi connectivity index (χ0n) is 14.8. The maximum Gasteiger partial charge on any atom is -0.0213 e. The molecule has 1 atom stereocenters. The van der Waals surface area contributed by atoms with E-state index in [1.54, 1.807) is 44.9 Å². The highest BCUT2D eigenvalue weighted by Crippen LogP contribution is 2.60. The van der Waals surface area contributed by atoms with Crippen LogP contribution in [-0.2, 0) is 0 Å². The molecule has 0 aliphatic heterocycles. The lowest BCUT2D eigenvalue weighted by molar-refractivity contribution is -0.00646. The summed E-state index contributed by atoms with van der Waals surface area (Å²) in [5, 5.41) is 0. The monoisotopic (exact) mass is 322 g/mol. The average Bonchev–Trinajstić information content (AvgIpc) is 3.29. The maximum absolute atomic E-state index is 2.92. The van der Waals surface area contributed by atoms with Crippen LogP contribution < -0.4 is 0 Å². The average molecular weight is 323 g/mol. The van der Waals surface area contributed by atoms with Gasteiger partial charge in [0.25, 0.3) is 0 Å². The summed E-state index contributed by atoms with van der Waals surface area (Å²) < 4.78 is 0. The van der Waals surface area contributed by atoms with E-state index in [4.69, 9.17) is 0 Å². The molecule has 128 valence electrons. The van der Waals surface area contributed by atoms with Crippen molar-refractivity contribution in [2.45, 2.75) is 103 Å². The van der Waals surface area contributed by atoms with Crippen LogP contribution in [0.1, 0.15) is 103 Å². The van der Waals surface area contributed by atoms with Gasteiger partial charge in [0.1, 0.15) is 0 Å². The second-order valence-electron chi connectivity index (χ2n) is 8.66. The van der Waals surface area contributed by atoms with E-state index in [-0.39, 0.29) is 0 Å². The summed E-state index contributed by atoms with van der Waals surface area (Å²) in [7, 11) is 2.92. The first-order chi connectivity index (χ1) is 10.9. The van der Waals surface area contributed by atoms with Crippen LogP contribution >= 0.6 is 9.24 Å². The number of rotatable bonds is 8. The predicted molar refractivity (Wildman–Crippen MR) is 101 cm³/mol. The lowest BCUT2D eigenvalue weighted by atomic mass is 9.55. The lowest BCUT2D eigenvalue weighted by Crippen LogP contribution is -2.42. The lowest BCUT2D eigenvalue weighted by Gasteiger charge is -2.49. The summed E-state index contributed by atoms with van der Waals surface area (Å²) in [4.78, 5) is 0. The number of hydrogen-bond donors (Lipinski definition) is 0. The zero-order chi connectivity index (χ0) is 15.3. The van der Waals surface area contributed by atoms with E-state index in [9.17, 15) is 0 Å². The largest absolute Gasteiger partial charge is 0.138 e. The maximum atomic E-state index is 2.92. The Balaban J connectivity index is 1.78. The number of unbranched alkanes of at least 4 members (excludes halogenated alkanes) is 2. The van der Waals surface area contributed by atoms with Crippen LogP contribution in [0.3, 0.4) is 0 Å². The quantitative estimate of drug-likeness (QED) is 0.334. The fourth-order valence-corrected chi connectivity index (χ4v) is 7.04. The van der Waals surface area contributed by atoms with Crippen LogP contribution in [0.2, 0.25) is 0 Å².